The largest absolute Gasteiger partial charge is 0.497 e. The third kappa shape index (κ3) is 4.10. The third-order valence-corrected chi connectivity index (χ3v) is 3.23. The van der Waals surface area contributed by atoms with Crippen LogP contribution in [0.4, 0.5) is 16.5 Å². The zero-order valence-electron chi connectivity index (χ0n) is 13.0. The second-order valence-electron chi connectivity index (χ2n) is 4.97. The third-order valence-electron chi connectivity index (χ3n) is 3.23. The van der Waals surface area contributed by atoms with Gasteiger partial charge in [-0.1, -0.05) is 35.4 Å². The topological polar surface area (TPSA) is 89.3 Å². The molecule has 0 saturated heterocycles. The van der Waals surface area contributed by atoms with Crippen molar-refractivity contribution in [2.24, 2.45) is 0 Å². The summed E-state index contributed by atoms with van der Waals surface area (Å²) in [7, 11) is 1.58. The highest BCUT2D eigenvalue weighted by Gasteiger charge is 2.10. The summed E-state index contributed by atoms with van der Waals surface area (Å²) in [5.41, 5.74) is 1.67. The smallest absolute Gasteiger partial charge is 0.327 e. The number of methoxy groups -OCH3 is 1. The molecule has 0 atom stereocenters. The van der Waals surface area contributed by atoms with Crippen LogP contribution < -0.4 is 15.4 Å². The first-order chi connectivity index (χ1) is 11.7. The van der Waals surface area contributed by atoms with Gasteiger partial charge in [-0.25, -0.2) is 4.79 Å². The predicted molar refractivity (Wildman–Crippen MR) is 89.2 cm³/mol. The molecule has 1 aromatic heterocycles. The number of urea groups is 1. The van der Waals surface area contributed by atoms with Crippen LogP contribution in [0.3, 0.4) is 0 Å². The summed E-state index contributed by atoms with van der Waals surface area (Å²) in [6.07, 6.45) is 0.510. The van der Waals surface area contributed by atoms with Crippen molar-refractivity contribution < 1.29 is 13.9 Å². The minimum absolute atomic E-state index is 0.0481. The van der Waals surface area contributed by atoms with E-state index < -0.39 is 6.03 Å². The summed E-state index contributed by atoms with van der Waals surface area (Å²) in [5, 5.41) is 12.9. The lowest BCUT2D eigenvalue weighted by molar-refractivity contribution is 0.261. The van der Waals surface area contributed by atoms with Crippen molar-refractivity contribution in [3.8, 4) is 5.75 Å². The highest BCUT2D eigenvalue weighted by Crippen LogP contribution is 2.16. The van der Waals surface area contributed by atoms with E-state index in [1.807, 2.05) is 30.3 Å². The number of nitrogens with one attached hydrogen (secondary N) is 2. The second-order valence-corrected chi connectivity index (χ2v) is 4.97. The lowest BCUT2D eigenvalue weighted by Gasteiger charge is -2.05. The zero-order valence-corrected chi connectivity index (χ0v) is 13.0. The molecular weight excluding hydrogens is 308 g/mol. The summed E-state index contributed by atoms with van der Waals surface area (Å²) in [4.78, 5) is 11.9. The van der Waals surface area contributed by atoms with Gasteiger partial charge in [0.05, 0.1) is 13.5 Å². The van der Waals surface area contributed by atoms with Crippen molar-refractivity contribution in [1.29, 1.82) is 0 Å². The summed E-state index contributed by atoms with van der Waals surface area (Å²) in [5.74, 6) is 1.14. The molecule has 0 aliphatic carbocycles. The Morgan fingerprint density at radius 1 is 1.04 bits per heavy atom. The maximum absolute atomic E-state index is 11.9. The van der Waals surface area contributed by atoms with Crippen LogP contribution in [0.2, 0.25) is 0 Å². The molecule has 2 aromatic carbocycles. The Hall–Kier alpha value is -3.35. The molecule has 0 radical (unpaired) electrons. The molecule has 7 heteroatoms. The van der Waals surface area contributed by atoms with Crippen molar-refractivity contribution in [3.05, 3.63) is 66.1 Å². The summed E-state index contributed by atoms with van der Waals surface area (Å²) < 4.78 is 10.5. The van der Waals surface area contributed by atoms with Crippen LogP contribution in [0.15, 0.2) is 59.0 Å². The fourth-order valence-electron chi connectivity index (χ4n) is 2.08. The molecule has 0 aliphatic rings. The van der Waals surface area contributed by atoms with E-state index in [0.29, 0.717) is 23.7 Å². The van der Waals surface area contributed by atoms with Gasteiger partial charge in [-0.2, -0.15) is 0 Å². The van der Waals surface area contributed by atoms with Gasteiger partial charge in [0.2, 0.25) is 5.89 Å². The molecule has 7 nitrogen and oxygen atoms in total. The normalized spacial score (nSPS) is 10.2. The van der Waals surface area contributed by atoms with Crippen molar-refractivity contribution in [3.63, 3.8) is 0 Å². The summed E-state index contributed by atoms with van der Waals surface area (Å²) in [6, 6.07) is 16.3. The molecule has 0 unspecified atom stereocenters. The Balaban J connectivity index is 1.56. The van der Waals surface area contributed by atoms with E-state index in [4.69, 9.17) is 9.15 Å². The molecule has 24 heavy (non-hydrogen) atoms. The summed E-state index contributed by atoms with van der Waals surface area (Å²) in [6.45, 7) is 0. The molecule has 0 bridgehead atoms. The van der Waals surface area contributed by atoms with E-state index in [9.17, 15) is 4.79 Å². The van der Waals surface area contributed by atoms with Gasteiger partial charge in [0.15, 0.2) is 0 Å². The number of hydrogen-bond donors (Lipinski definition) is 2. The van der Waals surface area contributed by atoms with Crippen LogP contribution in [-0.2, 0) is 6.42 Å². The van der Waals surface area contributed by atoms with Gasteiger partial charge in [-0.05, 0) is 29.8 Å². The number of hydrogen-bond acceptors (Lipinski definition) is 5. The van der Waals surface area contributed by atoms with Gasteiger partial charge in [0.25, 0.3) is 0 Å². The van der Waals surface area contributed by atoms with Gasteiger partial charge < -0.3 is 14.5 Å². The molecule has 3 rings (SSSR count). The van der Waals surface area contributed by atoms with Crippen molar-refractivity contribution in [1.82, 2.24) is 10.2 Å². The maximum Gasteiger partial charge on any atom is 0.327 e. The monoisotopic (exact) mass is 324 g/mol. The molecule has 0 fully saturated rings. The number of carbonyl (C=O) groups excluding carboxylic acids is 1. The van der Waals surface area contributed by atoms with Crippen molar-refractivity contribution >= 4 is 17.7 Å². The predicted octanol–water partition coefficient (Wildman–Crippen LogP) is 3.31. The number of carbonyl (C=O) groups is 1. The Labute approximate surface area is 138 Å². The number of nitrogens with zero attached hydrogens (tertiary/aromatic N) is 2. The van der Waals surface area contributed by atoms with Gasteiger partial charge in [-0.15, -0.1) is 5.10 Å². The minimum atomic E-state index is -0.463. The Morgan fingerprint density at radius 3 is 2.50 bits per heavy atom. The number of aromatic nitrogens is 2. The van der Waals surface area contributed by atoms with Crippen LogP contribution in [0.25, 0.3) is 0 Å². The molecule has 0 saturated carbocycles. The van der Waals surface area contributed by atoms with Gasteiger partial charge in [0.1, 0.15) is 5.75 Å². The highest BCUT2D eigenvalue weighted by atomic mass is 16.5. The van der Waals surface area contributed by atoms with E-state index >= 15 is 0 Å². The van der Waals surface area contributed by atoms with Crippen LogP contribution >= 0.6 is 0 Å². The average Bonchev–Trinajstić information content (AvgIpc) is 3.03. The summed E-state index contributed by atoms with van der Waals surface area (Å²) >= 11 is 0. The van der Waals surface area contributed by atoms with Crippen LogP contribution in [0, 0.1) is 0 Å². The number of rotatable bonds is 5. The quantitative estimate of drug-likeness (QED) is 0.751. The second kappa shape index (κ2) is 7.28. The average molecular weight is 324 g/mol. The fraction of sp³-hybridized carbons (Fsp3) is 0.118. The SMILES string of the molecule is COc1ccc(NC(=O)Nc2nnc(Cc3ccccc3)o2)cc1. The molecule has 2 amide bonds. The molecule has 122 valence electrons. The molecule has 3 aromatic rings. The standard InChI is InChI=1S/C17H16N4O3/c1-23-14-9-7-13(8-10-14)18-16(22)19-17-21-20-15(24-17)11-12-5-3-2-4-6-12/h2-10H,11H2,1H3,(H2,18,19,21,22). The maximum atomic E-state index is 11.9. The Morgan fingerprint density at radius 2 is 1.79 bits per heavy atom. The van der Waals surface area contributed by atoms with Gasteiger partial charge in [-0.3, -0.25) is 5.32 Å². The first kappa shape index (κ1) is 15.5. The lowest BCUT2D eigenvalue weighted by Crippen LogP contribution is -2.19. The zero-order chi connectivity index (χ0) is 16.8. The molecule has 0 spiro atoms. The Kier molecular flexibility index (Phi) is 4.71. The Bertz CT molecular complexity index is 800. The van der Waals surface area contributed by atoms with E-state index in [2.05, 4.69) is 20.8 Å². The fourth-order valence-corrected chi connectivity index (χ4v) is 2.08. The molecular formula is C17H16N4O3. The van der Waals surface area contributed by atoms with Gasteiger partial charge in [0, 0.05) is 5.69 Å². The number of benzene rings is 2. The highest BCUT2D eigenvalue weighted by molar-refractivity contribution is 5.98. The minimum Gasteiger partial charge on any atom is -0.497 e. The van der Waals surface area contributed by atoms with Crippen LogP contribution in [0.5, 0.6) is 5.75 Å². The molecule has 2 N–H and O–H groups in total. The van der Waals surface area contributed by atoms with E-state index in [1.165, 1.54) is 0 Å². The van der Waals surface area contributed by atoms with Crippen molar-refractivity contribution in [2.45, 2.75) is 6.42 Å². The first-order valence-corrected chi connectivity index (χ1v) is 7.31. The number of ether oxygens (including phenoxy) is 1. The van der Waals surface area contributed by atoms with E-state index in [1.54, 1.807) is 31.4 Å². The van der Waals surface area contributed by atoms with Crippen molar-refractivity contribution in [2.75, 3.05) is 17.7 Å². The van der Waals surface area contributed by atoms with Crippen LogP contribution in [0.1, 0.15) is 11.5 Å². The molecule has 1 heterocycles. The first-order valence-electron chi connectivity index (χ1n) is 7.31. The number of amides is 2. The van der Waals surface area contributed by atoms with Gasteiger partial charge >= 0.3 is 12.0 Å². The molecule has 0 aliphatic heterocycles. The van der Waals surface area contributed by atoms with E-state index in [0.717, 1.165) is 5.56 Å². The van der Waals surface area contributed by atoms with E-state index in [-0.39, 0.29) is 6.01 Å². The number of anilines is 2. The lowest BCUT2D eigenvalue weighted by atomic mass is 10.2. The van der Waals surface area contributed by atoms with Crippen LogP contribution in [-0.4, -0.2) is 23.3 Å².